The number of sulfonamides is 1. The van der Waals surface area contributed by atoms with Gasteiger partial charge in [-0.15, -0.1) is 22.7 Å². The second-order valence-corrected chi connectivity index (χ2v) is 8.60. The minimum absolute atomic E-state index is 0.292. The van der Waals surface area contributed by atoms with Crippen LogP contribution < -0.4 is 10.0 Å². The minimum Gasteiger partial charge on any atom is -0.310 e. The molecule has 108 valence electrons. The molecule has 2 aromatic heterocycles. The van der Waals surface area contributed by atoms with E-state index >= 15 is 0 Å². The number of hydrogen-bond acceptors (Lipinski definition) is 6. The molecule has 8 heteroatoms. The SMILES string of the molecule is O=S(=O)(NCc1cncs1)c1cc(CNC2CC2)cs1. The van der Waals surface area contributed by atoms with Gasteiger partial charge < -0.3 is 5.32 Å². The average molecular weight is 329 g/mol. The van der Waals surface area contributed by atoms with Crippen molar-refractivity contribution in [2.45, 2.75) is 36.2 Å². The van der Waals surface area contributed by atoms with Gasteiger partial charge in [0.15, 0.2) is 0 Å². The van der Waals surface area contributed by atoms with Crippen molar-refractivity contribution in [1.82, 2.24) is 15.0 Å². The van der Waals surface area contributed by atoms with Crippen LogP contribution in [-0.4, -0.2) is 19.4 Å². The van der Waals surface area contributed by atoms with Gasteiger partial charge in [0.25, 0.3) is 0 Å². The number of nitrogens with zero attached hydrogens (tertiary/aromatic N) is 1. The molecular weight excluding hydrogens is 314 g/mol. The van der Waals surface area contributed by atoms with Crippen molar-refractivity contribution in [1.29, 1.82) is 0 Å². The molecular formula is C12H15N3O2S3. The van der Waals surface area contributed by atoms with Crippen LogP contribution >= 0.6 is 22.7 Å². The second-order valence-electron chi connectivity index (χ2n) is 4.72. The zero-order valence-corrected chi connectivity index (χ0v) is 13.2. The van der Waals surface area contributed by atoms with Crippen LogP contribution in [0.3, 0.4) is 0 Å². The molecule has 0 saturated heterocycles. The quantitative estimate of drug-likeness (QED) is 0.814. The molecule has 0 unspecified atom stereocenters. The van der Waals surface area contributed by atoms with E-state index in [1.165, 1.54) is 35.5 Å². The summed E-state index contributed by atoms with van der Waals surface area (Å²) in [5, 5.41) is 5.28. The smallest absolute Gasteiger partial charge is 0.250 e. The number of aromatic nitrogens is 1. The molecule has 1 saturated carbocycles. The molecule has 0 radical (unpaired) electrons. The van der Waals surface area contributed by atoms with Crippen LogP contribution in [0.2, 0.25) is 0 Å². The highest BCUT2D eigenvalue weighted by Gasteiger charge is 2.21. The van der Waals surface area contributed by atoms with Crippen LogP contribution in [-0.2, 0) is 23.1 Å². The number of hydrogen-bond donors (Lipinski definition) is 2. The van der Waals surface area contributed by atoms with Gasteiger partial charge in [-0.2, -0.15) is 0 Å². The lowest BCUT2D eigenvalue weighted by Crippen LogP contribution is -2.22. The van der Waals surface area contributed by atoms with Crippen molar-refractivity contribution in [2.24, 2.45) is 0 Å². The Morgan fingerprint density at radius 3 is 2.85 bits per heavy atom. The number of thiazole rings is 1. The summed E-state index contributed by atoms with van der Waals surface area (Å²) in [6.45, 7) is 1.03. The van der Waals surface area contributed by atoms with E-state index in [1.807, 2.05) is 5.38 Å². The Balaban J connectivity index is 1.61. The zero-order valence-electron chi connectivity index (χ0n) is 10.7. The van der Waals surface area contributed by atoms with Crippen LogP contribution in [0.15, 0.2) is 27.4 Å². The summed E-state index contributed by atoms with van der Waals surface area (Å²) in [6, 6.07) is 2.37. The Morgan fingerprint density at radius 1 is 1.30 bits per heavy atom. The van der Waals surface area contributed by atoms with E-state index in [0.717, 1.165) is 17.0 Å². The summed E-state index contributed by atoms with van der Waals surface area (Å²) in [5.74, 6) is 0. The molecule has 2 heterocycles. The van der Waals surface area contributed by atoms with Crippen molar-refractivity contribution >= 4 is 32.7 Å². The number of thiophene rings is 1. The molecule has 0 aromatic carbocycles. The fourth-order valence-corrected chi connectivity index (χ4v) is 4.59. The van der Waals surface area contributed by atoms with Gasteiger partial charge in [-0.3, -0.25) is 4.98 Å². The Bertz CT molecular complexity index is 660. The van der Waals surface area contributed by atoms with Gasteiger partial charge in [0.1, 0.15) is 4.21 Å². The van der Waals surface area contributed by atoms with E-state index in [0.29, 0.717) is 16.8 Å². The normalized spacial score (nSPS) is 15.6. The van der Waals surface area contributed by atoms with Gasteiger partial charge in [0.05, 0.1) is 5.51 Å². The second kappa shape index (κ2) is 5.90. The first kappa shape index (κ1) is 14.2. The van der Waals surface area contributed by atoms with Gasteiger partial charge in [-0.25, -0.2) is 13.1 Å². The molecule has 2 aromatic rings. The van der Waals surface area contributed by atoms with Crippen molar-refractivity contribution in [3.63, 3.8) is 0 Å². The number of rotatable bonds is 7. The number of nitrogens with one attached hydrogen (secondary N) is 2. The van der Waals surface area contributed by atoms with Gasteiger partial charge in [0.2, 0.25) is 10.0 Å². The monoisotopic (exact) mass is 329 g/mol. The van der Waals surface area contributed by atoms with Crippen molar-refractivity contribution in [3.05, 3.63) is 33.6 Å². The van der Waals surface area contributed by atoms with E-state index in [9.17, 15) is 8.42 Å². The lowest BCUT2D eigenvalue weighted by Gasteiger charge is -2.02. The fraction of sp³-hybridized carbons (Fsp3) is 0.417. The average Bonchev–Trinajstić information content (AvgIpc) is 2.94. The molecule has 1 aliphatic rings. The first-order valence-corrected chi connectivity index (χ1v) is 9.55. The summed E-state index contributed by atoms with van der Waals surface area (Å²) in [7, 11) is -3.42. The topological polar surface area (TPSA) is 71.1 Å². The Labute approximate surface area is 126 Å². The highest BCUT2D eigenvalue weighted by Crippen LogP contribution is 2.23. The third kappa shape index (κ3) is 3.64. The first-order chi connectivity index (χ1) is 9.63. The Morgan fingerprint density at radius 2 is 2.15 bits per heavy atom. The molecule has 1 aliphatic carbocycles. The van der Waals surface area contributed by atoms with E-state index in [2.05, 4.69) is 15.0 Å². The molecule has 0 spiro atoms. The Hall–Kier alpha value is -0.800. The maximum absolute atomic E-state index is 12.2. The largest absolute Gasteiger partial charge is 0.310 e. The van der Waals surface area contributed by atoms with E-state index in [4.69, 9.17) is 0 Å². The molecule has 0 aliphatic heterocycles. The molecule has 0 amide bonds. The summed E-state index contributed by atoms with van der Waals surface area (Å²) in [5.41, 5.74) is 2.72. The van der Waals surface area contributed by atoms with Gasteiger partial charge >= 0.3 is 0 Å². The molecule has 1 fully saturated rings. The van der Waals surface area contributed by atoms with Gasteiger partial charge in [-0.05, 0) is 29.9 Å². The first-order valence-electron chi connectivity index (χ1n) is 6.31. The molecule has 5 nitrogen and oxygen atoms in total. The summed E-state index contributed by atoms with van der Waals surface area (Å²) >= 11 is 2.70. The highest BCUT2D eigenvalue weighted by molar-refractivity contribution is 7.91. The summed E-state index contributed by atoms with van der Waals surface area (Å²) < 4.78 is 27.3. The molecule has 3 rings (SSSR count). The lowest BCUT2D eigenvalue weighted by atomic mass is 10.3. The van der Waals surface area contributed by atoms with Crippen LogP contribution in [0, 0.1) is 0 Å². The van der Waals surface area contributed by atoms with E-state index < -0.39 is 10.0 Å². The van der Waals surface area contributed by atoms with Gasteiger partial charge in [0, 0.05) is 30.2 Å². The molecule has 0 atom stereocenters. The molecule has 2 N–H and O–H groups in total. The highest BCUT2D eigenvalue weighted by atomic mass is 32.2. The maximum Gasteiger partial charge on any atom is 0.250 e. The van der Waals surface area contributed by atoms with E-state index in [-0.39, 0.29) is 0 Å². The lowest BCUT2D eigenvalue weighted by molar-refractivity contribution is 0.583. The van der Waals surface area contributed by atoms with Crippen LogP contribution in [0.1, 0.15) is 23.3 Å². The summed E-state index contributed by atoms with van der Waals surface area (Å²) in [4.78, 5) is 4.83. The fourth-order valence-electron chi connectivity index (χ4n) is 1.70. The minimum atomic E-state index is -3.42. The van der Waals surface area contributed by atoms with Crippen LogP contribution in [0.4, 0.5) is 0 Å². The van der Waals surface area contributed by atoms with Crippen LogP contribution in [0.5, 0.6) is 0 Å². The Kier molecular flexibility index (Phi) is 4.18. The van der Waals surface area contributed by atoms with Crippen molar-refractivity contribution in [3.8, 4) is 0 Å². The summed E-state index contributed by atoms with van der Waals surface area (Å²) in [6.07, 6.45) is 4.13. The predicted molar refractivity (Wildman–Crippen MR) is 80.3 cm³/mol. The van der Waals surface area contributed by atoms with Gasteiger partial charge in [-0.1, -0.05) is 0 Å². The van der Waals surface area contributed by atoms with Crippen molar-refractivity contribution in [2.75, 3.05) is 0 Å². The maximum atomic E-state index is 12.2. The van der Waals surface area contributed by atoms with E-state index in [1.54, 1.807) is 17.8 Å². The standard InChI is InChI=1S/C12H15N3O2S3/c16-20(17,15-6-11-5-13-8-19-11)12-3-9(7-18-12)4-14-10-1-2-10/h3,5,7-8,10,14-15H,1-2,4,6H2. The van der Waals surface area contributed by atoms with Crippen molar-refractivity contribution < 1.29 is 8.42 Å². The third-order valence-electron chi connectivity index (χ3n) is 2.99. The molecule has 0 bridgehead atoms. The zero-order chi connectivity index (χ0) is 14.0. The third-order valence-corrected chi connectivity index (χ3v) is 6.66. The predicted octanol–water partition coefficient (Wildman–Crippen LogP) is 1.94. The van der Waals surface area contributed by atoms with Crippen LogP contribution in [0.25, 0.3) is 0 Å². The molecule has 20 heavy (non-hydrogen) atoms.